The number of halogens is 1. The SMILES string of the molecule is C=CCNc1ccccc1[N+](=O)[O-].O=[N+]([O-])c1ccccc1F. The fourth-order valence-corrected chi connectivity index (χ4v) is 1.56. The summed E-state index contributed by atoms with van der Waals surface area (Å²) < 4.78 is 12.4. The first-order valence-electron chi connectivity index (χ1n) is 6.44. The van der Waals surface area contributed by atoms with E-state index in [4.69, 9.17) is 0 Å². The van der Waals surface area contributed by atoms with E-state index in [0.29, 0.717) is 12.2 Å². The summed E-state index contributed by atoms with van der Waals surface area (Å²) in [6, 6.07) is 11.5. The van der Waals surface area contributed by atoms with Crippen LogP contribution in [0.15, 0.2) is 61.2 Å². The Bertz CT molecular complexity index is 707. The molecule has 0 saturated heterocycles. The molecule has 0 amide bonds. The van der Waals surface area contributed by atoms with Crippen LogP contribution in [0.2, 0.25) is 0 Å². The van der Waals surface area contributed by atoms with Crippen LogP contribution in [-0.4, -0.2) is 16.4 Å². The molecule has 0 aliphatic heterocycles. The van der Waals surface area contributed by atoms with Gasteiger partial charge in [0, 0.05) is 18.7 Å². The molecule has 0 saturated carbocycles. The van der Waals surface area contributed by atoms with Gasteiger partial charge < -0.3 is 5.32 Å². The van der Waals surface area contributed by atoms with Gasteiger partial charge in [-0.15, -0.1) is 6.58 Å². The fraction of sp³-hybridized carbons (Fsp3) is 0.0667. The summed E-state index contributed by atoms with van der Waals surface area (Å²) in [5.74, 6) is -0.799. The highest BCUT2D eigenvalue weighted by molar-refractivity contribution is 5.61. The normalized spacial score (nSPS) is 9.26. The highest BCUT2D eigenvalue weighted by Crippen LogP contribution is 2.22. The van der Waals surface area contributed by atoms with Gasteiger partial charge >= 0.3 is 5.69 Å². The fourth-order valence-electron chi connectivity index (χ4n) is 1.56. The molecule has 8 heteroatoms. The predicted octanol–water partition coefficient (Wildman–Crippen LogP) is 3.93. The number of hydrogen-bond acceptors (Lipinski definition) is 5. The van der Waals surface area contributed by atoms with Crippen LogP contribution in [0, 0.1) is 26.0 Å². The summed E-state index contributed by atoms with van der Waals surface area (Å²) in [7, 11) is 0. The van der Waals surface area contributed by atoms with Gasteiger partial charge in [-0.2, -0.15) is 4.39 Å². The molecule has 0 heterocycles. The Morgan fingerprint density at radius 1 is 1.00 bits per heavy atom. The van der Waals surface area contributed by atoms with Crippen LogP contribution in [-0.2, 0) is 0 Å². The third-order valence-electron chi connectivity index (χ3n) is 2.59. The Hall–Kier alpha value is -3.29. The largest absolute Gasteiger partial charge is 0.376 e. The number of anilines is 1. The highest BCUT2D eigenvalue weighted by Gasteiger charge is 2.10. The molecule has 2 aromatic carbocycles. The van der Waals surface area contributed by atoms with Crippen LogP contribution < -0.4 is 5.32 Å². The van der Waals surface area contributed by atoms with Gasteiger partial charge in [0.2, 0.25) is 5.82 Å². The standard InChI is InChI=1S/C9H10N2O2.C6H4FNO2/c1-2-7-10-8-5-3-4-6-9(8)11(12)13;7-5-3-1-2-4-6(5)8(9)10/h2-6,10H,1,7H2;1-4H. The molecule has 2 aromatic rings. The Balaban J connectivity index is 0.000000238. The molecule has 0 unspecified atom stereocenters. The molecule has 0 bridgehead atoms. The van der Waals surface area contributed by atoms with E-state index in [9.17, 15) is 24.6 Å². The molecule has 2 rings (SSSR count). The van der Waals surface area contributed by atoms with Crippen LogP contribution in [0.25, 0.3) is 0 Å². The third kappa shape index (κ3) is 5.54. The van der Waals surface area contributed by atoms with Gasteiger partial charge in [0.1, 0.15) is 5.69 Å². The number of nitrogens with one attached hydrogen (secondary N) is 1. The van der Waals surface area contributed by atoms with E-state index in [0.717, 1.165) is 12.1 Å². The molecular formula is C15H14FN3O4. The minimum atomic E-state index is -0.799. The van der Waals surface area contributed by atoms with Gasteiger partial charge in [-0.25, -0.2) is 0 Å². The number of rotatable bonds is 5. The van der Waals surface area contributed by atoms with Crippen molar-refractivity contribution in [1.29, 1.82) is 0 Å². The van der Waals surface area contributed by atoms with Crippen molar-refractivity contribution in [2.75, 3.05) is 11.9 Å². The highest BCUT2D eigenvalue weighted by atomic mass is 19.1. The van der Waals surface area contributed by atoms with Gasteiger partial charge in [-0.3, -0.25) is 20.2 Å². The second kappa shape index (κ2) is 8.88. The zero-order chi connectivity index (χ0) is 17.2. The van der Waals surface area contributed by atoms with Crippen LogP contribution >= 0.6 is 0 Å². The van der Waals surface area contributed by atoms with E-state index in [1.807, 2.05) is 0 Å². The van der Waals surface area contributed by atoms with Crippen LogP contribution in [0.3, 0.4) is 0 Å². The van der Waals surface area contributed by atoms with E-state index >= 15 is 0 Å². The van der Waals surface area contributed by atoms with Crippen molar-refractivity contribution < 1.29 is 14.2 Å². The number of nitro groups is 2. The third-order valence-corrected chi connectivity index (χ3v) is 2.59. The molecule has 0 atom stereocenters. The quantitative estimate of drug-likeness (QED) is 0.511. The number of benzene rings is 2. The lowest BCUT2D eigenvalue weighted by Crippen LogP contribution is -2.01. The van der Waals surface area contributed by atoms with Gasteiger partial charge in [0.25, 0.3) is 5.69 Å². The first-order valence-corrected chi connectivity index (χ1v) is 6.44. The lowest BCUT2D eigenvalue weighted by molar-refractivity contribution is -0.387. The number of nitrogens with zero attached hydrogens (tertiary/aromatic N) is 2. The van der Waals surface area contributed by atoms with Crippen molar-refractivity contribution in [2.45, 2.75) is 0 Å². The molecule has 1 N–H and O–H groups in total. The Morgan fingerprint density at radius 2 is 1.52 bits per heavy atom. The maximum atomic E-state index is 12.4. The van der Waals surface area contributed by atoms with Crippen LogP contribution in [0.4, 0.5) is 21.5 Å². The summed E-state index contributed by atoms with van der Waals surface area (Å²) in [5.41, 5.74) is 0.124. The molecule has 0 aliphatic carbocycles. The first-order chi connectivity index (χ1) is 11.0. The van der Waals surface area contributed by atoms with Gasteiger partial charge in [0.05, 0.1) is 9.85 Å². The molecule has 0 aromatic heterocycles. The summed E-state index contributed by atoms with van der Waals surface area (Å²) >= 11 is 0. The number of para-hydroxylation sites is 3. The van der Waals surface area contributed by atoms with Crippen molar-refractivity contribution in [1.82, 2.24) is 0 Å². The Labute approximate surface area is 131 Å². The Kier molecular flexibility index (Phi) is 6.86. The van der Waals surface area contributed by atoms with E-state index in [1.165, 1.54) is 18.2 Å². The lowest BCUT2D eigenvalue weighted by atomic mass is 10.2. The number of hydrogen-bond donors (Lipinski definition) is 1. The van der Waals surface area contributed by atoms with Gasteiger partial charge in [-0.05, 0) is 12.1 Å². The molecule has 23 heavy (non-hydrogen) atoms. The smallest absolute Gasteiger partial charge is 0.304 e. The van der Waals surface area contributed by atoms with Crippen molar-refractivity contribution in [2.24, 2.45) is 0 Å². The average molecular weight is 319 g/mol. The average Bonchev–Trinajstić information content (AvgIpc) is 2.54. The monoisotopic (exact) mass is 319 g/mol. The summed E-state index contributed by atoms with van der Waals surface area (Å²) in [6.07, 6.45) is 1.65. The van der Waals surface area contributed by atoms with E-state index in [-0.39, 0.29) is 5.69 Å². The van der Waals surface area contributed by atoms with Crippen LogP contribution in [0.1, 0.15) is 0 Å². The first kappa shape index (κ1) is 17.8. The van der Waals surface area contributed by atoms with Gasteiger partial charge in [-0.1, -0.05) is 30.3 Å². The van der Waals surface area contributed by atoms with Crippen molar-refractivity contribution in [3.8, 4) is 0 Å². The second-order valence-corrected chi connectivity index (χ2v) is 4.15. The summed E-state index contributed by atoms with van der Waals surface area (Å²) in [4.78, 5) is 19.3. The minimum absolute atomic E-state index is 0.0874. The molecular weight excluding hydrogens is 305 g/mol. The van der Waals surface area contributed by atoms with Crippen molar-refractivity contribution in [3.63, 3.8) is 0 Å². The second-order valence-electron chi connectivity index (χ2n) is 4.15. The zero-order valence-electron chi connectivity index (χ0n) is 12.0. The molecule has 0 radical (unpaired) electrons. The maximum Gasteiger partial charge on any atom is 0.304 e. The topological polar surface area (TPSA) is 98.3 Å². The zero-order valence-corrected chi connectivity index (χ0v) is 12.0. The molecule has 0 aliphatic rings. The van der Waals surface area contributed by atoms with Crippen molar-refractivity contribution >= 4 is 17.1 Å². The van der Waals surface area contributed by atoms with Gasteiger partial charge in [0.15, 0.2) is 0 Å². The maximum absolute atomic E-state index is 12.4. The molecule has 120 valence electrons. The van der Waals surface area contributed by atoms with E-state index in [1.54, 1.807) is 24.3 Å². The van der Waals surface area contributed by atoms with Crippen LogP contribution in [0.5, 0.6) is 0 Å². The Morgan fingerprint density at radius 3 is 2.00 bits per heavy atom. The van der Waals surface area contributed by atoms with E-state index in [2.05, 4.69) is 11.9 Å². The van der Waals surface area contributed by atoms with Crippen molar-refractivity contribution in [3.05, 3.63) is 87.2 Å². The number of nitro benzene ring substituents is 2. The minimum Gasteiger partial charge on any atom is -0.376 e. The lowest BCUT2D eigenvalue weighted by Gasteiger charge is -2.02. The molecule has 0 fully saturated rings. The molecule has 0 spiro atoms. The summed E-state index contributed by atoms with van der Waals surface area (Å²) in [6.45, 7) is 4.04. The van der Waals surface area contributed by atoms with E-state index < -0.39 is 21.4 Å². The predicted molar refractivity (Wildman–Crippen MR) is 84.8 cm³/mol. The summed E-state index contributed by atoms with van der Waals surface area (Å²) in [5, 5.41) is 23.4. The molecule has 7 nitrogen and oxygen atoms in total.